The Hall–Kier alpha value is -1.40. The first-order valence-corrected chi connectivity index (χ1v) is 7.60. The van der Waals surface area contributed by atoms with Gasteiger partial charge >= 0.3 is 0 Å². The zero-order chi connectivity index (χ0) is 15.7. The van der Waals surface area contributed by atoms with Gasteiger partial charge < -0.3 is 20.1 Å². The van der Waals surface area contributed by atoms with E-state index in [1.165, 1.54) is 0 Å². The van der Waals surface area contributed by atoms with Crippen molar-refractivity contribution in [2.75, 3.05) is 37.0 Å². The lowest BCUT2D eigenvalue weighted by atomic mass is 10.2. The maximum atomic E-state index is 9.06. The van der Waals surface area contributed by atoms with E-state index in [-0.39, 0.29) is 6.61 Å². The van der Waals surface area contributed by atoms with Gasteiger partial charge in [0.1, 0.15) is 18.2 Å². The van der Waals surface area contributed by atoms with Crippen molar-refractivity contribution in [1.29, 1.82) is 0 Å². The van der Waals surface area contributed by atoms with Crippen molar-refractivity contribution < 1.29 is 9.84 Å². The van der Waals surface area contributed by atoms with Crippen LogP contribution in [0.2, 0.25) is 0 Å². The molecule has 0 radical (unpaired) electrons. The lowest BCUT2D eigenvalue weighted by Gasteiger charge is -2.28. The topological polar surface area (TPSA) is 70.5 Å². The van der Waals surface area contributed by atoms with Gasteiger partial charge in [0.25, 0.3) is 0 Å². The molecule has 0 aliphatic heterocycles. The summed E-state index contributed by atoms with van der Waals surface area (Å²) in [7, 11) is 1.64. The molecule has 0 aromatic carbocycles. The number of rotatable bonds is 10. The van der Waals surface area contributed by atoms with E-state index in [9.17, 15) is 0 Å². The molecule has 0 fully saturated rings. The van der Waals surface area contributed by atoms with Gasteiger partial charge in [0.05, 0.1) is 0 Å². The average Bonchev–Trinajstić information content (AvgIpc) is 2.45. The van der Waals surface area contributed by atoms with Crippen molar-refractivity contribution in [3.05, 3.63) is 11.9 Å². The third kappa shape index (κ3) is 5.85. The van der Waals surface area contributed by atoms with Crippen LogP contribution in [0.3, 0.4) is 0 Å². The van der Waals surface area contributed by atoms with Crippen molar-refractivity contribution in [2.24, 2.45) is 0 Å². The van der Waals surface area contributed by atoms with Crippen LogP contribution in [0, 0.1) is 0 Å². The van der Waals surface area contributed by atoms with Crippen LogP contribution in [0.25, 0.3) is 0 Å². The van der Waals surface area contributed by atoms with Gasteiger partial charge in [0, 0.05) is 38.9 Å². The third-order valence-electron chi connectivity index (χ3n) is 3.06. The van der Waals surface area contributed by atoms with Gasteiger partial charge in [0.15, 0.2) is 5.82 Å². The monoisotopic (exact) mass is 296 g/mol. The molecule has 6 heteroatoms. The van der Waals surface area contributed by atoms with Crippen LogP contribution in [0.4, 0.5) is 11.6 Å². The molecule has 6 nitrogen and oxygen atoms in total. The third-order valence-corrected chi connectivity index (χ3v) is 3.06. The van der Waals surface area contributed by atoms with Crippen molar-refractivity contribution in [2.45, 2.75) is 46.3 Å². The summed E-state index contributed by atoms with van der Waals surface area (Å²) in [5.41, 5.74) is 0. The molecule has 0 spiro atoms. The number of ether oxygens (including phenoxy) is 1. The Morgan fingerprint density at radius 3 is 2.71 bits per heavy atom. The number of anilines is 2. The molecule has 0 unspecified atom stereocenters. The molecule has 2 N–H and O–H groups in total. The second kappa shape index (κ2) is 9.52. The lowest BCUT2D eigenvalue weighted by Crippen LogP contribution is -2.33. The van der Waals surface area contributed by atoms with Gasteiger partial charge in [-0.25, -0.2) is 9.97 Å². The predicted molar refractivity (Wildman–Crippen MR) is 85.7 cm³/mol. The van der Waals surface area contributed by atoms with Gasteiger partial charge in [-0.15, -0.1) is 0 Å². The Balaban J connectivity index is 3.02. The number of aromatic nitrogens is 2. The molecular weight excluding hydrogens is 268 g/mol. The normalized spacial score (nSPS) is 11.0. The quantitative estimate of drug-likeness (QED) is 0.688. The van der Waals surface area contributed by atoms with E-state index in [0.29, 0.717) is 18.5 Å². The molecule has 0 saturated heterocycles. The number of methoxy groups -OCH3 is 1. The number of aliphatic hydroxyl groups excluding tert-OH is 1. The highest BCUT2D eigenvalue weighted by molar-refractivity contribution is 5.50. The predicted octanol–water partition coefficient (Wildman–Crippen LogP) is 2.04. The molecular formula is C15H28N4O2. The number of nitrogens with one attached hydrogen (secondary N) is 1. The van der Waals surface area contributed by atoms with E-state index >= 15 is 0 Å². The summed E-state index contributed by atoms with van der Waals surface area (Å²) in [5, 5.41) is 12.4. The fraction of sp³-hybridized carbons (Fsp3) is 0.733. The number of aliphatic hydroxyl groups is 1. The SMILES string of the molecule is CCCNc1cc(N(CCCO)C(C)C)nc(COC)n1. The molecule has 1 rings (SSSR count). The Morgan fingerprint density at radius 1 is 1.38 bits per heavy atom. The van der Waals surface area contributed by atoms with Crippen molar-refractivity contribution >= 4 is 11.6 Å². The van der Waals surface area contributed by atoms with E-state index in [1.807, 2.05) is 6.07 Å². The van der Waals surface area contributed by atoms with Gasteiger partial charge in [-0.05, 0) is 26.7 Å². The number of nitrogens with zero attached hydrogens (tertiary/aromatic N) is 3. The van der Waals surface area contributed by atoms with Crippen LogP contribution in [0.5, 0.6) is 0 Å². The van der Waals surface area contributed by atoms with Crippen molar-refractivity contribution in [3.8, 4) is 0 Å². The molecule has 1 heterocycles. The van der Waals surface area contributed by atoms with Crippen molar-refractivity contribution in [3.63, 3.8) is 0 Å². The van der Waals surface area contributed by atoms with Crippen LogP contribution in [-0.4, -0.2) is 47.9 Å². The van der Waals surface area contributed by atoms with Gasteiger partial charge in [-0.1, -0.05) is 6.92 Å². The highest BCUT2D eigenvalue weighted by Gasteiger charge is 2.14. The van der Waals surface area contributed by atoms with Crippen LogP contribution < -0.4 is 10.2 Å². The Kier molecular flexibility index (Phi) is 8.00. The number of hydrogen-bond donors (Lipinski definition) is 2. The van der Waals surface area contributed by atoms with Gasteiger partial charge in [-0.3, -0.25) is 0 Å². The summed E-state index contributed by atoms with van der Waals surface area (Å²) in [6.07, 6.45) is 1.76. The Labute approximate surface area is 127 Å². The maximum absolute atomic E-state index is 9.06. The zero-order valence-corrected chi connectivity index (χ0v) is 13.6. The summed E-state index contributed by atoms with van der Waals surface area (Å²) in [4.78, 5) is 11.2. The molecule has 0 aliphatic rings. The fourth-order valence-corrected chi connectivity index (χ4v) is 2.05. The summed E-state index contributed by atoms with van der Waals surface area (Å²) >= 11 is 0. The van der Waals surface area contributed by atoms with E-state index in [0.717, 1.165) is 37.6 Å². The summed E-state index contributed by atoms with van der Waals surface area (Å²) in [5.74, 6) is 2.37. The van der Waals surface area contributed by atoms with E-state index in [1.54, 1.807) is 7.11 Å². The first-order valence-electron chi connectivity index (χ1n) is 7.60. The first kappa shape index (κ1) is 17.7. The minimum atomic E-state index is 0.181. The van der Waals surface area contributed by atoms with E-state index in [4.69, 9.17) is 9.84 Å². The first-order chi connectivity index (χ1) is 10.1. The fourth-order valence-electron chi connectivity index (χ4n) is 2.05. The number of hydrogen-bond acceptors (Lipinski definition) is 6. The highest BCUT2D eigenvalue weighted by atomic mass is 16.5. The smallest absolute Gasteiger partial charge is 0.158 e. The van der Waals surface area contributed by atoms with Crippen LogP contribution in [-0.2, 0) is 11.3 Å². The maximum Gasteiger partial charge on any atom is 0.158 e. The van der Waals surface area contributed by atoms with Gasteiger partial charge in [0.2, 0.25) is 0 Å². The Morgan fingerprint density at radius 2 is 2.14 bits per heavy atom. The van der Waals surface area contributed by atoms with E-state index in [2.05, 4.69) is 41.0 Å². The molecule has 1 aromatic heterocycles. The molecule has 0 aliphatic carbocycles. The summed E-state index contributed by atoms with van der Waals surface area (Å²) < 4.78 is 5.15. The minimum Gasteiger partial charge on any atom is -0.396 e. The minimum absolute atomic E-state index is 0.181. The Bertz CT molecular complexity index is 413. The van der Waals surface area contributed by atoms with Crippen LogP contribution in [0.15, 0.2) is 6.07 Å². The molecule has 21 heavy (non-hydrogen) atoms. The van der Waals surface area contributed by atoms with E-state index < -0.39 is 0 Å². The second-order valence-electron chi connectivity index (χ2n) is 5.25. The molecule has 0 amide bonds. The average molecular weight is 296 g/mol. The molecule has 0 bridgehead atoms. The molecule has 0 atom stereocenters. The molecule has 120 valence electrons. The largest absolute Gasteiger partial charge is 0.396 e. The summed E-state index contributed by atoms with van der Waals surface area (Å²) in [6, 6.07) is 2.27. The van der Waals surface area contributed by atoms with Crippen LogP contribution in [0.1, 0.15) is 39.4 Å². The standard InChI is InChI=1S/C15H28N4O2/c1-5-7-16-13-10-15(18-14(17-13)11-21-4)19(12(2)3)8-6-9-20/h10,12,20H,5-9,11H2,1-4H3,(H,16,17,18). The van der Waals surface area contributed by atoms with Gasteiger partial charge in [-0.2, -0.15) is 0 Å². The lowest BCUT2D eigenvalue weighted by molar-refractivity contribution is 0.178. The summed E-state index contributed by atoms with van der Waals surface area (Å²) in [6.45, 7) is 8.57. The highest BCUT2D eigenvalue weighted by Crippen LogP contribution is 2.19. The molecule has 0 saturated carbocycles. The van der Waals surface area contributed by atoms with Crippen molar-refractivity contribution in [1.82, 2.24) is 9.97 Å². The zero-order valence-electron chi connectivity index (χ0n) is 13.6. The second-order valence-corrected chi connectivity index (χ2v) is 5.25. The van der Waals surface area contributed by atoms with Crippen LogP contribution >= 0.6 is 0 Å². The molecule has 1 aromatic rings.